The molecule has 0 radical (unpaired) electrons. The molecular weight excluding hydrogens is 542 g/mol. The summed E-state index contributed by atoms with van der Waals surface area (Å²) < 4.78 is 10.8. The van der Waals surface area contributed by atoms with E-state index in [1.165, 1.54) is 18.2 Å². The highest BCUT2D eigenvalue weighted by Crippen LogP contribution is 2.38. The number of nitrogens with zero attached hydrogens (tertiary/aromatic N) is 3. The van der Waals surface area contributed by atoms with E-state index in [1.807, 2.05) is 36.1 Å². The quantitative estimate of drug-likeness (QED) is 0.466. The fourth-order valence-corrected chi connectivity index (χ4v) is 6.68. The van der Waals surface area contributed by atoms with Crippen LogP contribution >= 0.6 is 11.8 Å². The fraction of sp³-hybridized carbons (Fsp3) is 0.433. The van der Waals surface area contributed by atoms with Crippen LogP contribution < -0.4 is 20.1 Å². The Bertz CT molecular complexity index is 1420. The molecular formula is C30H33N5O5S. The van der Waals surface area contributed by atoms with E-state index >= 15 is 0 Å². The third-order valence-electron chi connectivity index (χ3n) is 7.77. The van der Waals surface area contributed by atoms with E-state index in [2.05, 4.69) is 15.6 Å². The number of benzene rings is 2. The maximum Gasteiger partial charge on any atom is 0.270 e. The number of para-hydroxylation sites is 1. The van der Waals surface area contributed by atoms with Crippen LogP contribution in [0.15, 0.2) is 52.4 Å². The van der Waals surface area contributed by atoms with E-state index < -0.39 is 11.3 Å². The molecule has 0 aromatic heterocycles. The second-order valence-corrected chi connectivity index (χ2v) is 11.8. The molecule has 3 heterocycles. The number of fused-ring (bicyclic) bond motifs is 4. The van der Waals surface area contributed by atoms with Gasteiger partial charge in [0.05, 0.1) is 10.9 Å². The number of carbonyl (C=O) groups is 3. The van der Waals surface area contributed by atoms with E-state index in [0.717, 1.165) is 31.2 Å². The normalized spacial score (nSPS) is 20.1. The summed E-state index contributed by atoms with van der Waals surface area (Å²) in [5, 5.41) is 6.15. The van der Waals surface area contributed by atoms with Crippen molar-refractivity contribution in [2.24, 2.45) is 9.98 Å². The van der Waals surface area contributed by atoms with E-state index in [-0.39, 0.29) is 37.0 Å². The number of hydrogen-bond acceptors (Lipinski definition) is 8. The first-order valence-electron chi connectivity index (χ1n) is 14.3. The molecule has 2 aromatic rings. The van der Waals surface area contributed by atoms with Crippen LogP contribution in [0.3, 0.4) is 0 Å². The van der Waals surface area contributed by atoms with Gasteiger partial charge in [-0.2, -0.15) is 4.99 Å². The predicted octanol–water partition coefficient (Wildman–Crippen LogP) is 4.75. The largest absolute Gasteiger partial charge is 0.454 e. The van der Waals surface area contributed by atoms with Gasteiger partial charge in [0.25, 0.3) is 5.91 Å². The zero-order valence-electron chi connectivity index (χ0n) is 22.9. The van der Waals surface area contributed by atoms with Gasteiger partial charge >= 0.3 is 0 Å². The zero-order chi connectivity index (χ0) is 28.3. The van der Waals surface area contributed by atoms with Crippen LogP contribution in [0.1, 0.15) is 63.9 Å². The number of thioether (sulfide) groups is 1. The van der Waals surface area contributed by atoms with E-state index in [1.54, 1.807) is 18.2 Å². The van der Waals surface area contributed by atoms with Crippen molar-refractivity contribution in [2.75, 3.05) is 12.1 Å². The lowest BCUT2D eigenvalue weighted by Crippen LogP contribution is -2.45. The first kappa shape index (κ1) is 27.3. The SMILES string of the molecule is CCC(SC1=Nc2ccccc2C2=NC(=O)C(CCC(=O)NC3CCCCC3)N12)C(=O)Nc1ccc2c(c1)OCO2. The Balaban J connectivity index is 1.19. The maximum atomic E-state index is 13.4. The third kappa shape index (κ3) is 5.81. The number of carbonyl (C=O) groups excluding carboxylic acids is 3. The van der Waals surface area contributed by atoms with Crippen molar-refractivity contribution in [3.05, 3.63) is 48.0 Å². The van der Waals surface area contributed by atoms with Crippen molar-refractivity contribution < 1.29 is 23.9 Å². The summed E-state index contributed by atoms with van der Waals surface area (Å²) in [5.74, 6) is 1.22. The number of nitrogens with one attached hydrogen (secondary N) is 2. The lowest BCUT2D eigenvalue weighted by atomic mass is 9.95. The second kappa shape index (κ2) is 11.9. The summed E-state index contributed by atoms with van der Waals surface area (Å²) in [6.07, 6.45) is 6.55. The van der Waals surface area contributed by atoms with Gasteiger partial charge in [0, 0.05) is 29.8 Å². The average Bonchev–Trinajstić information content (AvgIpc) is 3.59. The van der Waals surface area contributed by atoms with Gasteiger partial charge in [0.2, 0.25) is 18.6 Å². The Kier molecular flexibility index (Phi) is 7.95. The Labute approximate surface area is 243 Å². The number of hydrogen-bond donors (Lipinski definition) is 2. The molecule has 2 aromatic carbocycles. The Morgan fingerprint density at radius 1 is 1.07 bits per heavy atom. The molecule has 4 aliphatic rings. The Morgan fingerprint density at radius 3 is 2.71 bits per heavy atom. The Morgan fingerprint density at radius 2 is 1.88 bits per heavy atom. The molecule has 11 heteroatoms. The summed E-state index contributed by atoms with van der Waals surface area (Å²) >= 11 is 1.30. The lowest BCUT2D eigenvalue weighted by molar-refractivity contribution is -0.123. The number of rotatable bonds is 8. The van der Waals surface area contributed by atoms with Crippen LogP contribution in [0, 0.1) is 0 Å². The topological polar surface area (TPSA) is 122 Å². The highest BCUT2D eigenvalue weighted by atomic mass is 32.2. The molecule has 1 aliphatic carbocycles. The smallest absolute Gasteiger partial charge is 0.270 e. The summed E-state index contributed by atoms with van der Waals surface area (Å²) in [6, 6.07) is 12.4. The minimum atomic E-state index is -0.656. The minimum Gasteiger partial charge on any atom is -0.454 e. The van der Waals surface area contributed by atoms with Crippen LogP contribution in [-0.4, -0.2) is 57.8 Å². The van der Waals surface area contributed by atoms with Crippen LogP contribution in [-0.2, 0) is 14.4 Å². The molecule has 3 amide bonds. The number of ether oxygens (including phenoxy) is 2. The number of anilines is 1. The summed E-state index contributed by atoms with van der Waals surface area (Å²) in [7, 11) is 0. The molecule has 214 valence electrons. The molecule has 0 spiro atoms. The van der Waals surface area contributed by atoms with Gasteiger partial charge in [-0.25, -0.2) is 4.99 Å². The van der Waals surface area contributed by atoms with Gasteiger partial charge in [0.1, 0.15) is 11.9 Å². The monoisotopic (exact) mass is 575 g/mol. The fourth-order valence-electron chi connectivity index (χ4n) is 5.62. The van der Waals surface area contributed by atoms with Crippen molar-refractivity contribution in [1.82, 2.24) is 10.2 Å². The third-order valence-corrected chi connectivity index (χ3v) is 9.10. The molecule has 2 unspecified atom stereocenters. The minimum absolute atomic E-state index is 0.0451. The number of amides is 3. The zero-order valence-corrected chi connectivity index (χ0v) is 23.7. The molecule has 0 bridgehead atoms. The second-order valence-electron chi connectivity index (χ2n) is 10.6. The van der Waals surface area contributed by atoms with E-state index in [9.17, 15) is 14.4 Å². The van der Waals surface area contributed by atoms with Gasteiger partial charge in [-0.05, 0) is 49.9 Å². The molecule has 1 fully saturated rings. The van der Waals surface area contributed by atoms with E-state index in [4.69, 9.17) is 14.5 Å². The highest BCUT2D eigenvalue weighted by molar-refractivity contribution is 8.15. The molecule has 41 heavy (non-hydrogen) atoms. The van der Waals surface area contributed by atoms with Gasteiger partial charge < -0.3 is 20.1 Å². The van der Waals surface area contributed by atoms with Crippen LogP contribution in [0.4, 0.5) is 11.4 Å². The van der Waals surface area contributed by atoms with Gasteiger partial charge in [-0.1, -0.05) is 50.1 Å². The number of aliphatic imine (C=N–C) groups is 2. The van der Waals surface area contributed by atoms with Crippen LogP contribution in [0.25, 0.3) is 0 Å². The van der Waals surface area contributed by atoms with Crippen molar-refractivity contribution in [2.45, 2.75) is 75.6 Å². The lowest BCUT2D eigenvalue weighted by Gasteiger charge is -2.32. The van der Waals surface area contributed by atoms with Crippen LogP contribution in [0.2, 0.25) is 0 Å². The molecule has 2 N–H and O–H groups in total. The van der Waals surface area contributed by atoms with Gasteiger partial charge in [0.15, 0.2) is 16.7 Å². The highest BCUT2D eigenvalue weighted by Gasteiger charge is 2.43. The van der Waals surface area contributed by atoms with E-state index in [0.29, 0.717) is 46.7 Å². The number of amidine groups is 2. The molecule has 1 saturated carbocycles. The molecule has 2 atom stereocenters. The van der Waals surface area contributed by atoms with Crippen LogP contribution in [0.5, 0.6) is 11.5 Å². The summed E-state index contributed by atoms with van der Waals surface area (Å²) in [4.78, 5) is 50.5. The van der Waals surface area contributed by atoms with Crippen molar-refractivity contribution in [1.29, 1.82) is 0 Å². The van der Waals surface area contributed by atoms with Crippen molar-refractivity contribution in [3.8, 4) is 11.5 Å². The molecule has 0 saturated heterocycles. The van der Waals surface area contributed by atoms with Crippen molar-refractivity contribution >= 4 is 51.9 Å². The standard InChI is InChI=1S/C30H33N5O5S/c1-2-25(29(38)32-19-12-14-23-24(16-19)40-17-39-23)41-30-33-21-11-7-6-10-20(21)27-34-28(37)22(35(27)30)13-15-26(36)31-18-8-4-3-5-9-18/h6-7,10-12,14,16,18,22,25H,2-5,8-9,13,15,17H2,1H3,(H,31,36)(H,32,38). The molecule has 10 nitrogen and oxygen atoms in total. The predicted molar refractivity (Wildman–Crippen MR) is 158 cm³/mol. The first-order chi connectivity index (χ1) is 20.0. The van der Waals surface area contributed by atoms with Crippen molar-refractivity contribution in [3.63, 3.8) is 0 Å². The Hall–Kier alpha value is -3.86. The molecule has 6 rings (SSSR count). The van der Waals surface area contributed by atoms with Gasteiger partial charge in [-0.3, -0.25) is 19.3 Å². The summed E-state index contributed by atoms with van der Waals surface area (Å²) in [5.41, 5.74) is 2.06. The molecule has 3 aliphatic heterocycles. The first-order valence-corrected chi connectivity index (χ1v) is 15.1. The summed E-state index contributed by atoms with van der Waals surface area (Å²) in [6.45, 7) is 2.09. The average molecular weight is 576 g/mol. The maximum absolute atomic E-state index is 13.4. The van der Waals surface area contributed by atoms with Gasteiger partial charge in [-0.15, -0.1) is 0 Å².